The monoisotopic (exact) mass is 260 g/mol. The molecule has 1 aromatic carbocycles. The summed E-state index contributed by atoms with van der Waals surface area (Å²) in [6, 6.07) is 8.60. The minimum absolute atomic E-state index is 0.241. The highest BCUT2D eigenvalue weighted by molar-refractivity contribution is 5.98. The standard InChI is InChI=1S/C16H24N2O/c1-5-17-13(4)11-18(16(19)10-12(2)3)15-9-7-6-8-14(15)17/h6-9,12-13H,5,10-11H2,1-4H3. The molecular formula is C16H24N2O. The molecule has 19 heavy (non-hydrogen) atoms. The Morgan fingerprint density at radius 3 is 2.53 bits per heavy atom. The van der Waals surface area contributed by atoms with Crippen molar-refractivity contribution in [3.8, 4) is 0 Å². The largest absolute Gasteiger partial charge is 0.366 e. The van der Waals surface area contributed by atoms with Crippen LogP contribution in [0.15, 0.2) is 24.3 Å². The van der Waals surface area contributed by atoms with Crippen LogP contribution in [0.25, 0.3) is 0 Å². The minimum atomic E-state index is 0.241. The molecule has 0 saturated heterocycles. The van der Waals surface area contributed by atoms with E-state index < -0.39 is 0 Å². The van der Waals surface area contributed by atoms with Crippen molar-refractivity contribution in [1.29, 1.82) is 0 Å². The number of hydrogen-bond donors (Lipinski definition) is 0. The van der Waals surface area contributed by atoms with Crippen LogP contribution in [0.3, 0.4) is 0 Å². The van der Waals surface area contributed by atoms with Crippen LogP contribution in [0.1, 0.15) is 34.1 Å². The van der Waals surface area contributed by atoms with Gasteiger partial charge in [-0.3, -0.25) is 4.79 Å². The van der Waals surface area contributed by atoms with Crippen molar-refractivity contribution in [3.05, 3.63) is 24.3 Å². The van der Waals surface area contributed by atoms with E-state index in [0.29, 0.717) is 18.4 Å². The smallest absolute Gasteiger partial charge is 0.227 e. The molecule has 1 amide bonds. The molecule has 0 spiro atoms. The first-order valence-electron chi connectivity index (χ1n) is 7.20. The van der Waals surface area contributed by atoms with E-state index in [4.69, 9.17) is 0 Å². The summed E-state index contributed by atoms with van der Waals surface area (Å²) in [6.45, 7) is 10.3. The third-order valence-electron chi connectivity index (χ3n) is 3.69. The molecule has 3 heteroatoms. The Kier molecular flexibility index (Phi) is 4.13. The number of hydrogen-bond acceptors (Lipinski definition) is 2. The maximum Gasteiger partial charge on any atom is 0.227 e. The van der Waals surface area contributed by atoms with Gasteiger partial charge in [-0.2, -0.15) is 0 Å². The van der Waals surface area contributed by atoms with Gasteiger partial charge in [0, 0.05) is 25.6 Å². The predicted molar refractivity (Wildman–Crippen MR) is 80.7 cm³/mol. The zero-order valence-electron chi connectivity index (χ0n) is 12.4. The van der Waals surface area contributed by atoms with Gasteiger partial charge in [-0.05, 0) is 31.9 Å². The quantitative estimate of drug-likeness (QED) is 0.832. The molecule has 0 aliphatic carbocycles. The van der Waals surface area contributed by atoms with Crippen LogP contribution in [0, 0.1) is 5.92 Å². The van der Waals surface area contributed by atoms with Gasteiger partial charge in [0.15, 0.2) is 0 Å². The fourth-order valence-electron chi connectivity index (χ4n) is 2.81. The summed E-state index contributed by atoms with van der Waals surface area (Å²) in [7, 11) is 0. The summed E-state index contributed by atoms with van der Waals surface area (Å²) in [5.74, 6) is 0.643. The van der Waals surface area contributed by atoms with Crippen LogP contribution in [0.2, 0.25) is 0 Å². The number of anilines is 2. The van der Waals surface area contributed by atoms with Crippen LogP contribution >= 0.6 is 0 Å². The third kappa shape index (κ3) is 2.75. The van der Waals surface area contributed by atoms with E-state index in [2.05, 4.69) is 44.7 Å². The van der Waals surface area contributed by atoms with Gasteiger partial charge < -0.3 is 9.80 Å². The first kappa shape index (κ1) is 13.9. The highest BCUT2D eigenvalue weighted by Gasteiger charge is 2.30. The van der Waals surface area contributed by atoms with E-state index >= 15 is 0 Å². The van der Waals surface area contributed by atoms with Crippen molar-refractivity contribution in [2.75, 3.05) is 22.9 Å². The first-order valence-corrected chi connectivity index (χ1v) is 7.20. The Morgan fingerprint density at radius 1 is 1.32 bits per heavy atom. The maximum absolute atomic E-state index is 12.4. The zero-order chi connectivity index (χ0) is 14.0. The van der Waals surface area contributed by atoms with E-state index in [1.807, 2.05) is 17.0 Å². The third-order valence-corrected chi connectivity index (χ3v) is 3.69. The summed E-state index contributed by atoms with van der Waals surface area (Å²) in [5, 5.41) is 0. The molecule has 1 aromatic rings. The minimum Gasteiger partial charge on any atom is -0.366 e. The van der Waals surface area contributed by atoms with Crippen molar-refractivity contribution >= 4 is 17.3 Å². The lowest BCUT2D eigenvalue weighted by atomic mass is 10.0. The number of likely N-dealkylation sites (N-methyl/N-ethyl adjacent to an activating group) is 1. The van der Waals surface area contributed by atoms with Gasteiger partial charge in [-0.1, -0.05) is 26.0 Å². The molecule has 1 heterocycles. The Labute approximate surface area is 116 Å². The second-order valence-electron chi connectivity index (χ2n) is 5.73. The van der Waals surface area contributed by atoms with E-state index in [1.54, 1.807) is 0 Å². The molecule has 0 saturated carbocycles. The van der Waals surface area contributed by atoms with E-state index in [1.165, 1.54) is 5.69 Å². The predicted octanol–water partition coefficient (Wildman–Crippen LogP) is 3.29. The molecule has 0 aromatic heterocycles. The zero-order valence-corrected chi connectivity index (χ0v) is 12.4. The number of carbonyl (C=O) groups excluding carboxylic acids is 1. The van der Waals surface area contributed by atoms with Gasteiger partial charge in [0.1, 0.15) is 0 Å². The van der Waals surface area contributed by atoms with E-state index in [-0.39, 0.29) is 5.91 Å². The summed E-state index contributed by atoms with van der Waals surface area (Å²) < 4.78 is 0. The Morgan fingerprint density at radius 2 is 1.95 bits per heavy atom. The topological polar surface area (TPSA) is 23.6 Å². The molecule has 0 bridgehead atoms. The molecule has 0 fully saturated rings. The molecule has 3 nitrogen and oxygen atoms in total. The summed E-state index contributed by atoms with van der Waals surface area (Å²) in [6.07, 6.45) is 0.618. The number of carbonyl (C=O) groups is 1. The van der Waals surface area contributed by atoms with Crippen LogP contribution in [-0.2, 0) is 4.79 Å². The number of rotatable bonds is 3. The lowest BCUT2D eigenvalue weighted by Gasteiger charge is -2.42. The van der Waals surface area contributed by atoms with Gasteiger partial charge in [-0.15, -0.1) is 0 Å². The fraction of sp³-hybridized carbons (Fsp3) is 0.562. The summed E-state index contributed by atoms with van der Waals surface area (Å²) in [4.78, 5) is 16.8. The van der Waals surface area contributed by atoms with Crippen molar-refractivity contribution in [3.63, 3.8) is 0 Å². The normalized spacial score (nSPS) is 18.7. The average Bonchev–Trinajstić information content (AvgIpc) is 2.37. The van der Waals surface area contributed by atoms with Gasteiger partial charge in [0.2, 0.25) is 5.91 Å². The number of para-hydroxylation sites is 2. The molecular weight excluding hydrogens is 236 g/mol. The van der Waals surface area contributed by atoms with E-state index in [0.717, 1.165) is 18.8 Å². The van der Waals surface area contributed by atoms with Crippen molar-refractivity contribution < 1.29 is 4.79 Å². The summed E-state index contributed by atoms with van der Waals surface area (Å²) in [5.41, 5.74) is 2.24. The van der Waals surface area contributed by atoms with Crippen LogP contribution in [0.5, 0.6) is 0 Å². The highest BCUT2D eigenvalue weighted by atomic mass is 16.2. The Bertz CT molecular complexity index is 456. The first-order chi connectivity index (χ1) is 9.04. The molecule has 104 valence electrons. The number of benzene rings is 1. The number of fused-ring (bicyclic) bond motifs is 1. The molecule has 0 N–H and O–H groups in total. The van der Waals surface area contributed by atoms with Crippen LogP contribution in [-0.4, -0.2) is 25.0 Å². The molecule has 0 radical (unpaired) electrons. The Balaban J connectivity index is 2.34. The summed E-state index contributed by atoms with van der Waals surface area (Å²) >= 11 is 0. The number of amides is 1. The van der Waals surface area contributed by atoms with Crippen LogP contribution < -0.4 is 9.80 Å². The Hall–Kier alpha value is -1.51. The second kappa shape index (κ2) is 5.64. The fourth-order valence-corrected chi connectivity index (χ4v) is 2.81. The van der Waals surface area contributed by atoms with Gasteiger partial charge >= 0.3 is 0 Å². The highest BCUT2D eigenvalue weighted by Crippen LogP contribution is 2.35. The van der Waals surface area contributed by atoms with Crippen molar-refractivity contribution in [2.45, 2.75) is 40.2 Å². The second-order valence-corrected chi connectivity index (χ2v) is 5.73. The SMILES string of the molecule is CCN1c2ccccc2N(C(=O)CC(C)C)CC1C. The van der Waals surface area contributed by atoms with E-state index in [9.17, 15) is 4.79 Å². The average molecular weight is 260 g/mol. The van der Waals surface area contributed by atoms with Crippen LogP contribution in [0.4, 0.5) is 11.4 Å². The molecule has 1 unspecified atom stereocenters. The lowest BCUT2D eigenvalue weighted by molar-refractivity contribution is -0.119. The molecule has 2 rings (SSSR count). The number of nitrogens with zero attached hydrogens (tertiary/aromatic N) is 2. The molecule has 1 aliphatic heterocycles. The van der Waals surface area contributed by atoms with Crippen molar-refractivity contribution in [2.24, 2.45) is 5.92 Å². The maximum atomic E-state index is 12.4. The molecule has 1 atom stereocenters. The van der Waals surface area contributed by atoms with Gasteiger partial charge in [-0.25, -0.2) is 0 Å². The van der Waals surface area contributed by atoms with Gasteiger partial charge in [0.25, 0.3) is 0 Å². The lowest BCUT2D eigenvalue weighted by Crippen LogP contribution is -2.49. The van der Waals surface area contributed by atoms with Crippen molar-refractivity contribution in [1.82, 2.24) is 0 Å². The molecule has 1 aliphatic rings. The van der Waals surface area contributed by atoms with Gasteiger partial charge in [0.05, 0.1) is 11.4 Å².